The van der Waals surface area contributed by atoms with E-state index < -0.39 is 24.6 Å². The molecule has 2 N–H and O–H groups in total. The number of thioether (sulfide) groups is 1. The minimum Gasteiger partial charge on any atom is -0.506 e. The second kappa shape index (κ2) is 8.27. The molecule has 6 heteroatoms. The number of benzene rings is 2. The van der Waals surface area contributed by atoms with E-state index in [-0.39, 0.29) is 17.8 Å². The van der Waals surface area contributed by atoms with E-state index in [9.17, 15) is 10.2 Å². The second-order valence-electron chi connectivity index (χ2n) is 8.78. The molecule has 5 nitrogen and oxygen atoms in total. The van der Waals surface area contributed by atoms with Gasteiger partial charge in [0.05, 0.1) is 6.61 Å². The van der Waals surface area contributed by atoms with Crippen molar-refractivity contribution in [3.8, 4) is 0 Å². The molecule has 2 heterocycles. The molecule has 2 aliphatic heterocycles. The summed E-state index contributed by atoms with van der Waals surface area (Å²) < 4.78 is 17.8. The highest BCUT2D eigenvalue weighted by Gasteiger charge is 2.45. The highest BCUT2D eigenvalue weighted by molar-refractivity contribution is 8.03. The molecule has 2 aromatic rings. The van der Waals surface area contributed by atoms with Gasteiger partial charge in [-0.1, -0.05) is 63.2 Å². The molecular weight excluding hydrogens is 400 g/mol. The normalized spacial score (nSPS) is 26.8. The van der Waals surface area contributed by atoms with Gasteiger partial charge in [-0.2, -0.15) is 0 Å². The zero-order valence-electron chi connectivity index (χ0n) is 17.7. The molecule has 3 unspecified atom stereocenters. The minimum atomic E-state index is -1.17. The molecule has 2 aliphatic rings. The maximum Gasteiger partial charge on any atom is 0.199 e. The Morgan fingerprint density at radius 1 is 1.07 bits per heavy atom. The Kier molecular flexibility index (Phi) is 5.86. The smallest absolute Gasteiger partial charge is 0.199 e. The standard InChI is InChI=1S/C24H28O5S/c1-14-10-11-16(24(2,3)4)12-18(14)30-23-20(26)19(25)21-17(28-23)13-27-22(29-21)15-8-6-5-7-9-15/h5-12,17,19,21-22,25-26H,13H2,1-4H3/t17?,19?,21-,22?/m1/s1. The maximum absolute atomic E-state index is 10.8. The van der Waals surface area contributed by atoms with Crippen LogP contribution in [-0.4, -0.2) is 35.1 Å². The highest BCUT2D eigenvalue weighted by Crippen LogP contribution is 2.42. The molecule has 1 saturated heterocycles. The van der Waals surface area contributed by atoms with Gasteiger partial charge in [0.2, 0.25) is 0 Å². The van der Waals surface area contributed by atoms with Crippen LogP contribution in [0, 0.1) is 6.92 Å². The quantitative estimate of drug-likeness (QED) is 0.718. The summed E-state index contributed by atoms with van der Waals surface area (Å²) in [5.41, 5.74) is 3.14. The SMILES string of the molecule is Cc1ccc(C(C)(C)C)cc1SC1=C(O)C(O)[C@@H]2OC(c3ccccc3)OCC2O1. The topological polar surface area (TPSA) is 68.2 Å². The molecule has 0 amide bonds. The first-order valence-electron chi connectivity index (χ1n) is 10.1. The lowest BCUT2D eigenvalue weighted by Crippen LogP contribution is -2.51. The van der Waals surface area contributed by atoms with Gasteiger partial charge in [0.15, 0.2) is 23.2 Å². The van der Waals surface area contributed by atoms with Crippen LogP contribution >= 0.6 is 11.8 Å². The van der Waals surface area contributed by atoms with Gasteiger partial charge in [-0.05, 0) is 41.3 Å². The van der Waals surface area contributed by atoms with E-state index in [0.717, 1.165) is 16.0 Å². The van der Waals surface area contributed by atoms with E-state index in [0.29, 0.717) is 5.09 Å². The third kappa shape index (κ3) is 4.23. The summed E-state index contributed by atoms with van der Waals surface area (Å²) in [6.45, 7) is 8.77. The zero-order chi connectivity index (χ0) is 21.5. The predicted molar refractivity (Wildman–Crippen MR) is 116 cm³/mol. The van der Waals surface area contributed by atoms with Crippen LogP contribution in [0.2, 0.25) is 0 Å². The molecule has 0 aliphatic carbocycles. The van der Waals surface area contributed by atoms with Crippen LogP contribution in [0.15, 0.2) is 64.3 Å². The van der Waals surface area contributed by atoms with E-state index in [2.05, 4.69) is 39.0 Å². The largest absolute Gasteiger partial charge is 0.506 e. The first-order chi connectivity index (χ1) is 14.2. The third-order valence-electron chi connectivity index (χ3n) is 5.45. The van der Waals surface area contributed by atoms with Crippen LogP contribution in [0.4, 0.5) is 0 Å². The first kappa shape index (κ1) is 21.2. The fourth-order valence-corrected chi connectivity index (χ4v) is 4.55. The molecule has 4 atom stereocenters. The number of aryl methyl sites for hydroxylation is 1. The molecule has 1 fully saturated rings. The fourth-order valence-electron chi connectivity index (χ4n) is 3.54. The molecular formula is C24H28O5S. The van der Waals surface area contributed by atoms with Gasteiger partial charge < -0.3 is 24.4 Å². The molecule has 0 aromatic heterocycles. The van der Waals surface area contributed by atoms with Crippen LogP contribution in [0.1, 0.15) is 43.8 Å². The molecule has 0 bridgehead atoms. The molecule has 0 radical (unpaired) electrons. The molecule has 0 saturated carbocycles. The van der Waals surface area contributed by atoms with Crippen molar-refractivity contribution in [3.05, 3.63) is 76.1 Å². The highest BCUT2D eigenvalue weighted by atomic mass is 32.2. The van der Waals surface area contributed by atoms with E-state index in [1.807, 2.05) is 37.3 Å². The molecule has 2 aromatic carbocycles. The molecule has 160 valence electrons. The average Bonchev–Trinajstić information content (AvgIpc) is 2.73. The summed E-state index contributed by atoms with van der Waals surface area (Å²) in [5.74, 6) is -0.199. The first-order valence-corrected chi connectivity index (χ1v) is 10.9. The Bertz CT molecular complexity index is 934. The van der Waals surface area contributed by atoms with Crippen molar-refractivity contribution in [2.45, 2.75) is 62.6 Å². The number of fused-ring (bicyclic) bond motifs is 1. The monoisotopic (exact) mass is 428 g/mol. The fraction of sp³-hybridized carbons (Fsp3) is 0.417. The van der Waals surface area contributed by atoms with Crippen LogP contribution in [0.5, 0.6) is 0 Å². The molecule has 4 rings (SSSR count). The Hall–Kier alpha value is -1.99. The Morgan fingerprint density at radius 3 is 2.50 bits per heavy atom. The van der Waals surface area contributed by atoms with Crippen LogP contribution < -0.4 is 0 Å². The van der Waals surface area contributed by atoms with Crippen LogP contribution in [0.25, 0.3) is 0 Å². The average molecular weight is 429 g/mol. The third-order valence-corrected chi connectivity index (χ3v) is 6.60. The van der Waals surface area contributed by atoms with E-state index in [4.69, 9.17) is 14.2 Å². The lowest BCUT2D eigenvalue weighted by molar-refractivity contribution is -0.282. The summed E-state index contributed by atoms with van der Waals surface area (Å²) >= 11 is 1.32. The van der Waals surface area contributed by atoms with Gasteiger partial charge in [0, 0.05) is 10.5 Å². The van der Waals surface area contributed by atoms with Crippen molar-refractivity contribution < 1.29 is 24.4 Å². The Morgan fingerprint density at radius 2 is 1.80 bits per heavy atom. The van der Waals surface area contributed by atoms with Gasteiger partial charge in [0.1, 0.15) is 12.2 Å². The van der Waals surface area contributed by atoms with Crippen molar-refractivity contribution in [1.82, 2.24) is 0 Å². The summed E-state index contributed by atoms with van der Waals surface area (Å²) in [4.78, 5) is 0.981. The van der Waals surface area contributed by atoms with Gasteiger partial charge >= 0.3 is 0 Å². The number of hydrogen-bond acceptors (Lipinski definition) is 6. The van der Waals surface area contributed by atoms with Gasteiger partial charge in [-0.15, -0.1) is 0 Å². The summed E-state index contributed by atoms with van der Waals surface area (Å²) in [5, 5.41) is 21.7. The predicted octanol–water partition coefficient (Wildman–Crippen LogP) is 4.99. The number of rotatable bonds is 3. The number of hydrogen-bond donors (Lipinski definition) is 2. The van der Waals surface area contributed by atoms with Crippen LogP contribution in [-0.2, 0) is 19.6 Å². The Labute approximate surface area is 181 Å². The molecule has 0 spiro atoms. The summed E-state index contributed by atoms with van der Waals surface area (Å²) in [6, 6.07) is 15.8. The summed E-state index contributed by atoms with van der Waals surface area (Å²) in [7, 11) is 0. The minimum absolute atomic E-state index is 0.00890. The van der Waals surface area contributed by atoms with Crippen molar-refractivity contribution in [2.24, 2.45) is 0 Å². The maximum atomic E-state index is 10.8. The number of aliphatic hydroxyl groups excluding tert-OH is 2. The lowest BCUT2D eigenvalue weighted by atomic mass is 9.87. The van der Waals surface area contributed by atoms with Gasteiger partial charge in [-0.3, -0.25) is 0 Å². The van der Waals surface area contributed by atoms with Crippen molar-refractivity contribution in [2.75, 3.05) is 6.61 Å². The van der Waals surface area contributed by atoms with Crippen molar-refractivity contribution in [3.63, 3.8) is 0 Å². The molecule has 30 heavy (non-hydrogen) atoms. The zero-order valence-corrected chi connectivity index (χ0v) is 18.5. The van der Waals surface area contributed by atoms with Gasteiger partial charge in [0.25, 0.3) is 0 Å². The number of aliphatic hydroxyl groups is 2. The van der Waals surface area contributed by atoms with Crippen molar-refractivity contribution in [1.29, 1.82) is 0 Å². The van der Waals surface area contributed by atoms with Crippen molar-refractivity contribution >= 4 is 11.8 Å². The number of ether oxygens (including phenoxy) is 3. The second-order valence-corrected chi connectivity index (χ2v) is 9.80. The van der Waals surface area contributed by atoms with Gasteiger partial charge in [-0.25, -0.2) is 0 Å². The van der Waals surface area contributed by atoms with E-state index in [1.54, 1.807) is 0 Å². The summed E-state index contributed by atoms with van der Waals surface area (Å²) in [6.07, 6.45) is -2.97. The van der Waals surface area contributed by atoms with Crippen LogP contribution in [0.3, 0.4) is 0 Å². The Balaban J connectivity index is 1.55. The van der Waals surface area contributed by atoms with E-state index >= 15 is 0 Å². The lowest BCUT2D eigenvalue weighted by Gasteiger charge is -2.41. The van der Waals surface area contributed by atoms with E-state index in [1.165, 1.54) is 17.3 Å².